The van der Waals surface area contributed by atoms with Crippen molar-refractivity contribution in [2.24, 2.45) is 11.1 Å². The van der Waals surface area contributed by atoms with Gasteiger partial charge in [0.15, 0.2) is 5.78 Å². The maximum atomic E-state index is 12.5. The van der Waals surface area contributed by atoms with Crippen molar-refractivity contribution in [2.45, 2.75) is 20.3 Å². The molecule has 0 aliphatic carbocycles. The third-order valence-corrected chi connectivity index (χ3v) is 3.63. The predicted octanol–water partition coefficient (Wildman–Crippen LogP) is 2.79. The van der Waals surface area contributed by atoms with Crippen LogP contribution < -0.4 is 5.73 Å². The number of Topliss-reactive ketones (excluding diaryl/α,β-unsaturated/α-hetero) is 1. The lowest BCUT2D eigenvalue weighted by molar-refractivity contribution is 0.0820. The van der Waals surface area contributed by atoms with Gasteiger partial charge < -0.3 is 5.73 Å². The first kappa shape index (κ1) is 12.7. The summed E-state index contributed by atoms with van der Waals surface area (Å²) in [5.74, 6) is 0.0748. The minimum absolute atomic E-state index is 0.0748. The van der Waals surface area contributed by atoms with Gasteiger partial charge in [0.25, 0.3) is 0 Å². The average molecular weight is 242 g/mol. The normalized spacial score (nSPS) is 14.4. The molecule has 0 spiro atoms. The third kappa shape index (κ3) is 2.14. The lowest BCUT2D eigenvalue weighted by atomic mass is 9.80. The lowest BCUT2D eigenvalue weighted by Crippen LogP contribution is -2.35. The number of ketones is 1. The Morgan fingerprint density at radius 1 is 1.39 bits per heavy atom. The summed E-state index contributed by atoms with van der Waals surface area (Å²) in [7, 11) is 0. The quantitative estimate of drug-likeness (QED) is 0.839. The molecular formula is C15H18N2O. The number of hydrogen-bond acceptors (Lipinski definition) is 3. The molecule has 2 N–H and O–H groups in total. The molecule has 0 radical (unpaired) electrons. The highest BCUT2D eigenvalue weighted by Crippen LogP contribution is 2.26. The van der Waals surface area contributed by atoms with Crippen molar-refractivity contribution in [1.29, 1.82) is 0 Å². The van der Waals surface area contributed by atoms with Crippen molar-refractivity contribution >= 4 is 16.7 Å². The topological polar surface area (TPSA) is 56.0 Å². The molecule has 1 atom stereocenters. The Labute approximate surface area is 107 Å². The van der Waals surface area contributed by atoms with Gasteiger partial charge >= 0.3 is 0 Å². The highest BCUT2D eigenvalue weighted by molar-refractivity contribution is 6.02. The smallest absolute Gasteiger partial charge is 0.171 e. The van der Waals surface area contributed by atoms with Gasteiger partial charge in [-0.05, 0) is 18.6 Å². The molecule has 0 fully saturated rings. The number of nitrogens with two attached hydrogens (primary N) is 1. The van der Waals surface area contributed by atoms with Crippen LogP contribution in [-0.2, 0) is 0 Å². The van der Waals surface area contributed by atoms with Crippen molar-refractivity contribution < 1.29 is 4.79 Å². The molecule has 0 saturated carbocycles. The summed E-state index contributed by atoms with van der Waals surface area (Å²) in [6.07, 6.45) is 2.38. The van der Waals surface area contributed by atoms with Crippen LogP contribution in [0.15, 0.2) is 36.5 Å². The average Bonchev–Trinajstić information content (AvgIpc) is 2.45. The van der Waals surface area contributed by atoms with Crippen LogP contribution in [-0.4, -0.2) is 17.3 Å². The number of para-hydroxylation sites is 1. The second-order valence-electron chi connectivity index (χ2n) is 4.86. The van der Waals surface area contributed by atoms with Crippen LogP contribution in [0.5, 0.6) is 0 Å². The highest BCUT2D eigenvalue weighted by Gasteiger charge is 2.30. The number of rotatable bonds is 4. The van der Waals surface area contributed by atoms with E-state index >= 15 is 0 Å². The van der Waals surface area contributed by atoms with E-state index in [2.05, 4.69) is 4.98 Å². The van der Waals surface area contributed by atoms with Crippen LogP contribution in [0.25, 0.3) is 10.9 Å². The monoisotopic (exact) mass is 242 g/mol. The van der Waals surface area contributed by atoms with E-state index in [1.165, 1.54) is 0 Å². The number of nitrogens with zero attached hydrogens (tertiary/aromatic N) is 1. The summed E-state index contributed by atoms with van der Waals surface area (Å²) >= 11 is 0. The van der Waals surface area contributed by atoms with Crippen molar-refractivity contribution in [2.75, 3.05) is 6.54 Å². The number of benzene rings is 1. The molecular weight excluding hydrogens is 224 g/mol. The largest absolute Gasteiger partial charge is 0.329 e. The SMILES string of the molecule is CCC(C)(CN)C(=O)c1cnc2ccccc2c1. The fourth-order valence-corrected chi connectivity index (χ4v) is 1.94. The number of fused-ring (bicyclic) bond motifs is 1. The first-order chi connectivity index (χ1) is 8.60. The van der Waals surface area contributed by atoms with Crippen molar-refractivity contribution in [3.63, 3.8) is 0 Å². The Bertz CT molecular complexity index is 573. The van der Waals surface area contributed by atoms with Crippen LogP contribution in [0.1, 0.15) is 30.6 Å². The summed E-state index contributed by atoms with van der Waals surface area (Å²) in [6.45, 7) is 4.25. The van der Waals surface area contributed by atoms with E-state index in [1.54, 1.807) is 6.20 Å². The molecule has 0 aliphatic heterocycles. The third-order valence-electron chi connectivity index (χ3n) is 3.63. The summed E-state index contributed by atoms with van der Waals surface area (Å²) in [6, 6.07) is 9.68. The molecule has 3 nitrogen and oxygen atoms in total. The molecule has 94 valence electrons. The van der Waals surface area contributed by atoms with Crippen LogP contribution in [0.2, 0.25) is 0 Å². The van der Waals surface area contributed by atoms with Crippen molar-refractivity contribution in [1.82, 2.24) is 4.98 Å². The van der Waals surface area contributed by atoms with Gasteiger partial charge in [-0.15, -0.1) is 0 Å². The van der Waals surface area contributed by atoms with E-state index in [0.29, 0.717) is 12.1 Å². The van der Waals surface area contributed by atoms with Gasteiger partial charge in [0.05, 0.1) is 5.52 Å². The van der Waals surface area contributed by atoms with Gasteiger partial charge in [-0.1, -0.05) is 32.0 Å². The van der Waals surface area contributed by atoms with Crippen LogP contribution in [0.3, 0.4) is 0 Å². The lowest BCUT2D eigenvalue weighted by Gasteiger charge is -2.24. The van der Waals surface area contributed by atoms with E-state index in [1.807, 2.05) is 44.2 Å². The van der Waals surface area contributed by atoms with E-state index < -0.39 is 5.41 Å². The molecule has 3 heteroatoms. The van der Waals surface area contributed by atoms with Crippen LogP contribution in [0, 0.1) is 5.41 Å². The van der Waals surface area contributed by atoms with Gasteiger partial charge in [-0.2, -0.15) is 0 Å². The van der Waals surface area contributed by atoms with E-state index in [-0.39, 0.29) is 5.78 Å². The molecule has 18 heavy (non-hydrogen) atoms. The van der Waals surface area contributed by atoms with Gasteiger partial charge in [0.2, 0.25) is 0 Å². The molecule has 1 aromatic heterocycles. The fraction of sp³-hybridized carbons (Fsp3) is 0.333. The summed E-state index contributed by atoms with van der Waals surface area (Å²) < 4.78 is 0. The molecule has 1 aromatic carbocycles. The Kier molecular flexibility index (Phi) is 3.43. The molecule has 0 bridgehead atoms. The zero-order valence-corrected chi connectivity index (χ0v) is 10.8. The molecule has 0 saturated heterocycles. The minimum Gasteiger partial charge on any atom is -0.329 e. The molecule has 0 amide bonds. The van der Waals surface area contributed by atoms with Crippen molar-refractivity contribution in [3.8, 4) is 0 Å². The zero-order chi connectivity index (χ0) is 13.2. The first-order valence-electron chi connectivity index (χ1n) is 6.20. The number of carbonyl (C=O) groups is 1. The second-order valence-corrected chi connectivity index (χ2v) is 4.86. The minimum atomic E-state index is -0.496. The van der Waals surface area contributed by atoms with Crippen LogP contribution >= 0.6 is 0 Å². The Balaban J connectivity index is 2.45. The highest BCUT2D eigenvalue weighted by atomic mass is 16.1. The van der Waals surface area contributed by atoms with Gasteiger partial charge in [-0.3, -0.25) is 9.78 Å². The standard InChI is InChI=1S/C15H18N2O/c1-3-15(2,10-16)14(18)12-8-11-6-4-5-7-13(11)17-9-12/h4-9H,3,10,16H2,1-2H3. The van der Waals surface area contributed by atoms with E-state index in [9.17, 15) is 4.79 Å². The molecule has 2 rings (SSSR count). The molecule has 2 aromatic rings. The Morgan fingerprint density at radius 3 is 2.78 bits per heavy atom. The predicted molar refractivity (Wildman–Crippen MR) is 73.5 cm³/mol. The maximum absolute atomic E-state index is 12.5. The summed E-state index contributed by atoms with van der Waals surface area (Å²) in [5, 5.41) is 0.985. The van der Waals surface area contributed by atoms with E-state index in [4.69, 9.17) is 5.73 Å². The summed E-state index contributed by atoms with van der Waals surface area (Å²) in [5.41, 5.74) is 6.78. The first-order valence-corrected chi connectivity index (χ1v) is 6.20. The molecule has 1 unspecified atom stereocenters. The zero-order valence-electron chi connectivity index (χ0n) is 10.8. The van der Waals surface area contributed by atoms with Gasteiger partial charge in [0, 0.05) is 29.1 Å². The Hall–Kier alpha value is -1.74. The van der Waals surface area contributed by atoms with Gasteiger partial charge in [-0.25, -0.2) is 0 Å². The van der Waals surface area contributed by atoms with Gasteiger partial charge in [0.1, 0.15) is 0 Å². The Morgan fingerprint density at radius 2 is 2.11 bits per heavy atom. The van der Waals surface area contributed by atoms with Crippen molar-refractivity contribution in [3.05, 3.63) is 42.1 Å². The van der Waals surface area contributed by atoms with Crippen LogP contribution in [0.4, 0.5) is 0 Å². The second kappa shape index (κ2) is 4.86. The number of pyridine rings is 1. The molecule has 0 aliphatic rings. The summed E-state index contributed by atoms with van der Waals surface area (Å²) in [4.78, 5) is 16.8. The fourth-order valence-electron chi connectivity index (χ4n) is 1.94. The number of aromatic nitrogens is 1. The van der Waals surface area contributed by atoms with E-state index in [0.717, 1.165) is 17.3 Å². The number of carbonyl (C=O) groups excluding carboxylic acids is 1. The maximum Gasteiger partial charge on any atom is 0.171 e. The number of hydrogen-bond donors (Lipinski definition) is 1. The molecule has 1 heterocycles.